The predicted octanol–water partition coefficient (Wildman–Crippen LogP) is -1.51. The number of hydrogen-bond acceptors (Lipinski definition) is 6. The second-order valence-electron chi connectivity index (χ2n) is 4.44. The molecule has 2 heterocycles. The Kier molecular flexibility index (Phi) is 4.07. The van der Waals surface area contributed by atoms with E-state index in [-0.39, 0.29) is 24.1 Å². The third-order valence-corrected chi connectivity index (χ3v) is 3.00. The Morgan fingerprint density at radius 1 is 1.68 bits per heavy atom. The van der Waals surface area contributed by atoms with Crippen LogP contribution in [0, 0.1) is 16.0 Å². The van der Waals surface area contributed by atoms with E-state index in [0.717, 1.165) is 6.20 Å². The Balaban J connectivity index is 1.78. The molecule has 104 valence electrons. The number of nitrogens with zero attached hydrogens (tertiary/aromatic N) is 3. The number of aromatic nitrogens is 2. The minimum atomic E-state index is -0.568. The summed E-state index contributed by atoms with van der Waals surface area (Å²) in [6, 6.07) is 0. The first-order valence-corrected chi connectivity index (χ1v) is 5.88. The third-order valence-electron chi connectivity index (χ3n) is 3.00. The SMILES string of the molecule is O=C(Cn1cc([N+](=O)[O-])cn1)NCC1CNCC1O. The van der Waals surface area contributed by atoms with Gasteiger partial charge in [0.25, 0.3) is 0 Å². The van der Waals surface area contributed by atoms with Gasteiger partial charge in [-0.2, -0.15) is 5.10 Å². The normalized spacial score (nSPS) is 22.4. The Labute approximate surface area is 108 Å². The van der Waals surface area contributed by atoms with Gasteiger partial charge < -0.3 is 15.7 Å². The number of rotatable bonds is 5. The molecule has 9 nitrogen and oxygen atoms in total. The van der Waals surface area contributed by atoms with Crippen molar-refractivity contribution in [3.63, 3.8) is 0 Å². The van der Waals surface area contributed by atoms with E-state index in [4.69, 9.17) is 0 Å². The lowest BCUT2D eigenvalue weighted by molar-refractivity contribution is -0.385. The Bertz CT molecular complexity index is 474. The van der Waals surface area contributed by atoms with Crippen molar-refractivity contribution in [2.75, 3.05) is 19.6 Å². The lowest BCUT2D eigenvalue weighted by Crippen LogP contribution is -2.36. The quantitative estimate of drug-likeness (QED) is 0.441. The second-order valence-corrected chi connectivity index (χ2v) is 4.44. The summed E-state index contributed by atoms with van der Waals surface area (Å²) in [5.74, 6) is -0.298. The molecule has 1 aliphatic rings. The number of aliphatic hydroxyl groups is 1. The van der Waals surface area contributed by atoms with Crippen molar-refractivity contribution in [2.24, 2.45) is 5.92 Å². The van der Waals surface area contributed by atoms with Crippen molar-refractivity contribution in [3.05, 3.63) is 22.5 Å². The number of aliphatic hydroxyl groups excluding tert-OH is 1. The Morgan fingerprint density at radius 3 is 3.05 bits per heavy atom. The van der Waals surface area contributed by atoms with Gasteiger partial charge in [-0.15, -0.1) is 0 Å². The molecule has 0 aromatic carbocycles. The maximum absolute atomic E-state index is 11.6. The van der Waals surface area contributed by atoms with Crippen LogP contribution in [0.3, 0.4) is 0 Å². The molecular formula is C10H15N5O4. The summed E-state index contributed by atoms with van der Waals surface area (Å²) >= 11 is 0. The van der Waals surface area contributed by atoms with E-state index < -0.39 is 11.0 Å². The summed E-state index contributed by atoms with van der Waals surface area (Å²) in [5.41, 5.74) is -0.150. The molecule has 2 rings (SSSR count). The van der Waals surface area contributed by atoms with Gasteiger partial charge in [0.05, 0.1) is 11.0 Å². The number of amides is 1. The van der Waals surface area contributed by atoms with Crippen molar-refractivity contribution >= 4 is 11.6 Å². The summed E-state index contributed by atoms with van der Waals surface area (Å²) in [5, 5.41) is 29.4. The monoisotopic (exact) mass is 269 g/mol. The minimum absolute atomic E-state index is 0.00379. The molecule has 1 aliphatic heterocycles. The number of carbonyl (C=O) groups excluding carboxylic acids is 1. The van der Waals surface area contributed by atoms with Crippen LogP contribution in [0.5, 0.6) is 0 Å². The van der Waals surface area contributed by atoms with Crippen LogP contribution in [0.15, 0.2) is 12.4 Å². The molecule has 0 radical (unpaired) electrons. The standard InChI is InChI=1S/C10H15N5O4/c16-9-4-11-1-7(9)2-12-10(17)6-14-5-8(3-13-14)15(18)19/h3,5,7,9,11,16H,1-2,4,6H2,(H,12,17). The minimum Gasteiger partial charge on any atom is -0.391 e. The fourth-order valence-electron chi connectivity index (χ4n) is 1.91. The van der Waals surface area contributed by atoms with Gasteiger partial charge in [-0.05, 0) is 0 Å². The molecule has 9 heteroatoms. The van der Waals surface area contributed by atoms with Crippen LogP contribution in [0.1, 0.15) is 0 Å². The van der Waals surface area contributed by atoms with Gasteiger partial charge >= 0.3 is 5.69 Å². The van der Waals surface area contributed by atoms with E-state index >= 15 is 0 Å². The fourth-order valence-corrected chi connectivity index (χ4v) is 1.91. The fraction of sp³-hybridized carbons (Fsp3) is 0.600. The van der Waals surface area contributed by atoms with E-state index in [2.05, 4.69) is 15.7 Å². The zero-order chi connectivity index (χ0) is 13.8. The van der Waals surface area contributed by atoms with Crippen LogP contribution >= 0.6 is 0 Å². The average Bonchev–Trinajstić information content (AvgIpc) is 2.96. The van der Waals surface area contributed by atoms with Crippen molar-refractivity contribution in [1.29, 1.82) is 0 Å². The highest BCUT2D eigenvalue weighted by atomic mass is 16.6. The largest absolute Gasteiger partial charge is 0.391 e. The summed E-state index contributed by atoms with van der Waals surface area (Å²) in [6.45, 7) is 1.49. The van der Waals surface area contributed by atoms with Gasteiger partial charge in [0, 0.05) is 25.6 Å². The van der Waals surface area contributed by atoms with Crippen LogP contribution in [-0.2, 0) is 11.3 Å². The van der Waals surface area contributed by atoms with Crippen LogP contribution in [0.25, 0.3) is 0 Å². The van der Waals surface area contributed by atoms with Crippen LogP contribution in [0.2, 0.25) is 0 Å². The maximum Gasteiger partial charge on any atom is 0.307 e. The lowest BCUT2D eigenvalue weighted by atomic mass is 10.1. The molecule has 0 aliphatic carbocycles. The van der Waals surface area contributed by atoms with E-state index in [1.54, 1.807) is 0 Å². The van der Waals surface area contributed by atoms with E-state index in [1.807, 2.05) is 0 Å². The molecule has 3 N–H and O–H groups in total. The molecule has 1 fully saturated rings. The van der Waals surface area contributed by atoms with Crippen LogP contribution in [-0.4, -0.2) is 51.5 Å². The average molecular weight is 269 g/mol. The van der Waals surface area contributed by atoms with Crippen molar-refractivity contribution < 1.29 is 14.8 Å². The summed E-state index contributed by atoms with van der Waals surface area (Å²) < 4.78 is 1.21. The zero-order valence-electron chi connectivity index (χ0n) is 10.2. The van der Waals surface area contributed by atoms with Crippen molar-refractivity contribution in [3.8, 4) is 0 Å². The molecule has 19 heavy (non-hydrogen) atoms. The molecule has 2 unspecified atom stereocenters. The second kappa shape index (κ2) is 5.76. The molecule has 2 atom stereocenters. The maximum atomic E-state index is 11.6. The van der Waals surface area contributed by atoms with Gasteiger partial charge in [-0.25, -0.2) is 0 Å². The molecule has 1 aromatic rings. The van der Waals surface area contributed by atoms with E-state index in [0.29, 0.717) is 19.6 Å². The van der Waals surface area contributed by atoms with Gasteiger partial charge in [0.15, 0.2) is 0 Å². The molecular weight excluding hydrogens is 254 g/mol. The van der Waals surface area contributed by atoms with Crippen molar-refractivity contribution in [1.82, 2.24) is 20.4 Å². The molecule has 1 saturated heterocycles. The van der Waals surface area contributed by atoms with E-state index in [9.17, 15) is 20.0 Å². The number of carbonyl (C=O) groups is 1. The molecule has 1 amide bonds. The van der Waals surface area contributed by atoms with Gasteiger partial charge in [0.2, 0.25) is 5.91 Å². The van der Waals surface area contributed by atoms with Crippen molar-refractivity contribution in [2.45, 2.75) is 12.6 Å². The number of hydrogen-bond donors (Lipinski definition) is 3. The molecule has 0 bridgehead atoms. The summed E-state index contributed by atoms with van der Waals surface area (Å²) in [4.78, 5) is 21.5. The van der Waals surface area contributed by atoms with E-state index in [1.165, 1.54) is 10.9 Å². The Morgan fingerprint density at radius 2 is 2.47 bits per heavy atom. The zero-order valence-corrected chi connectivity index (χ0v) is 10.2. The van der Waals surface area contributed by atoms with Gasteiger partial charge in [-0.1, -0.05) is 0 Å². The highest BCUT2D eigenvalue weighted by molar-refractivity contribution is 5.75. The first kappa shape index (κ1) is 13.4. The van der Waals surface area contributed by atoms with Crippen LogP contribution < -0.4 is 10.6 Å². The predicted molar refractivity (Wildman–Crippen MR) is 64.3 cm³/mol. The number of nitro groups is 1. The number of nitrogens with one attached hydrogen (secondary N) is 2. The number of β-amino-alcohol motifs (C(OH)–C–C–N with tert-alkyl or cyclic N) is 1. The molecule has 1 aromatic heterocycles. The Hall–Kier alpha value is -2.00. The molecule has 0 spiro atoms. The first-order valence-electron chi connectivity index (χ1n) is 5.88. The summed E-state index contributed by atoms with van der Waals surface area (Å²) in [7, 11) is 0. The first-order chi connectivity index (χ1) is 9.06. The third kappa shape index (κ3) is 3.48. The van der Waals surface area contributed by atoms with Gasteiger partial charge in [0.1, 0.15) is 18.9 Å². The highest BCUT2D eigenvalue weighted by Crippen LogP contribution is 2.08. The topological polar surface area (TPSA) is 122 Å². The van der Waals surface area contributed by atoms with Gasteiger partial charge in [-0.3, -0.25) is 19.6 Å². The summed E-state index contributed by atoms with van der Waals surface area (Å²) in [6.07, 6.45) is 1.84. The smallest absolute Gasteiger partial charge is 0.307 e. The lowest BCUT2D eigenvalue weighted by Gasteiger charge is -2.13. The highest BCUT2D eigenvalue weighted by Gasteiger charge is 2.25. The van der Waals surface area contributed by atoms with Crippen LogP contribution in [0.4, 0.5) is 5.69 Å². The molecule has 0 saturated carbocycles.